The van der Waals surface area contributed by atoms with Gasteiger partial charge in [0.15, 0.2) is 0 Å². The molecule has 0 aromatic rings. The summed E-state index contributed by atoms with van der Waals surface area (Å²) in [6.45, 7) is 11.3. The summed E-state index contributed by atoms with van der Waals surface area (Å²) in [4.78, 5) is 13.5. The van der Waals surface area contributed by atoms with Crippen LogP contribution in [0, 0.1) is 5.41 Å². The lowest BCUT2D eigenvalue weighted by molar-refractivity contribution is -0.132. The van der Waals surface area contributed by atoms with E-state index in [9.17, 15) is 4.79 Å². The normalized spacial score (nSPS) is 14.0. The van der Waals surface area contributed by atoms with Crippen molar-refractivity contribution in [2.75, 3.05) is 13.1 Å². The molecule has 0 aromatic carbocycles. The Balaban J connectivity index is 4.41. The fourth-order valence-corrected chi connectivity index (χ4v) is 1.20. The first-order valence-corrected chi connectivity index (χ1v) is 5.21. The van der Waals surface area contributed by atoms with E-state index in [4.69, 9.17) is 11.6 Å². The van der Waals surface area contributed by atoms with Crippen LogP contribution in [0.3, 0.4) is 0 Å². The minimum atomic E-state index is -0.424. The SMILES string of the molecule is CCN(CC)C(=O)C(Cl)C(C)(C)C. The molecule has 0 aliphatic carbocycles. The van der Waals surface area contributed by atoms with Crippen molar-refractivity contribution in [3.05, 3.63) is 0 Å². The number of nitrogens with zero attached hydrogens (tertiary/aromatic N) is 1. The Morgan fingerprint density at radius 3 is 1.92 bits per heavy atom. The van der Waals surface area contributed by atoms with Crippen LogP contribution in [-0.4, -0.2) is 29.3 Å². The van der Waals surface area contributed by atoms with Crippen LogP contribution in [0.5, 0.6) is 0 Å². The van der Waals surface area contributed by atoms with Crippen molar-refractivity contribution in [2.24, 2.45) is 5.41 Å². The van der Waals surface area contributed by atoms with Crippen LogP contribution < -0.4 is 0 Å². The molecular formula is C10H20ClNO. The lowest BCUT2D eigenvalue weighted by Gasteiger charge is -2.29. The molecule has 0 N–H and O–H groups in total. The van der Waals surface area contributed by atoms with Crippen molar-refractivity contribution in [1.82, 2.24) is 4.90 Å². The third-order valence-electron chi connectivity index (χ3n) is 2.05. The number of alkyl halides is 1. The van der Waals surface area contributed by atoms with E-state index in [1.165, 1.54) is 0 Å². The second-order valence-corrected chi connectivity index (χ2v) is 4.68. The molecule has 0 rings (SSSR count). The molecule has 3 heteroatoms. The van der Waals surface area contributed by atoms with Gasteiger partial charge in [-0.3, -0.25) is 4.79 Å². The molecule has 0 saturated carbocycles. The summed E-state index contributed by atoms with van der Waals surface area (Å²) in [6.07, 6.45) is 0. The van der Waals surface area contributed by atoms with Crippen LogP contribution in [-0.2, 0) is 4.79 Å². The smallest absolute Gasteiger partial charge is 0.241 e. The van der Waals surface area contributed by atoms with Gasteiger partial charge in [-0.2, -0.15) is 0 Å². The topological polar surface area (TPSA) is 20.3 Å². The minimum absolute atomic E-state index is 0.0409. The first-order valence-electron chi connectivity index (χ1n) is 4.77. The van der Waals surface area contributed by atoms with Gasteiger partial charge >= 0.3 is 0 Å². The van der Waals surface area contributed by atoms with Crippen molar-refractivity contribution in [3.63, 3.8) is 0 Å². The fourth-order valence-electron chi connectivity index (χ4n) is 1.07. The van der Waals surface area contributed by atoms with Gasteiger partial charge < -0.3 is 4.90 Å². The Morgan fingerprint density at radius 1 is 1.31 bits per heavy atom. The first-order chi connectivity index (χ1) is 5.84. The summed E-state index contributed by atoms with van der Waals surface area (Å²) in [7, 11) is 0. The maximum Gasteiger partial charge on any atom is 0.241 e. The van der Waals surface area contributed by atoms with E-state index >= 15 is 0 Å². The maximum absolute atomic E-state index is 11.7. The highest BCUT2D eigenvalue weighted by Gasteiger charge is 2.31. The summed E-state index contributed by atoms with van der Waals surface area (Å²) in [5.41, 5.74) is -0.165. The summed E-state index contributed by atoms with van der Waals surface area (Å²) < 4.78 is 0. The van der Waals surface area contributed by atoms with E-state index in [0.717, 1.165) is 13.1 Å². The van der Waals surface area contributed by atoms with Gasteiger partial charge in [-0.15, -0.1) is 11.6 Å². The predicted molar refractivity (Wildman–Crippen MR) is 57.0 cm³/mol. The van der Waals surface area contributed by atoms with E-state index < -0.39 is 5.38 Å². The molecule has 0 bridgehead atoms. The van der Waals surface area contributed by atoms with Gasteiger partial charge in [0.05, 0.1) is 0 Å². The Morgan fingerprint density at radius 2 is 1.69 bits per heavy atom. The third kappa shape index (κ3) is 3.55. The number of hydrogen-bond donors (Lipinski definition) is 0. The quantitative estimate of drug-likeness (QED) is 0.649. The number of rotatable bonds is 3. The van der Waals surface area contributed by atoms with Gasteiger partial charge in [-0.05, 0) is 19.3 Å². The van der Waals surface area contributed by atoms with E-state index in [-0.39, 0.29) is 11.3 Å². The van der Waals surface area contributed by atoms with Crippen molar-refractivity contribution in [2.45, 2.75) is 40.0 Å². The standard InChI is InChI=1S/C10H20ClNO/c1-6-12(7-2)9(13)8(11)10(3,4)5/h8H,6-7H2,1-5H3. The highest BCUT2D eigenvalue weighted by atomic mass is 35.5. The predicted octanol–water partition coefficient (Wildman–Crippen LogP) is 2.51. The van der Waals surface area contributed by atoms with Crippen LogP contribution in [0.15, 0.2) is 0 Å². The summed E-state index contributed by atoms with van der Waals surface area (Å²) in [5, 5.41) is -0.424. The Labute approximate surface area is 86.2 Å². The van der Waals surface area contributed by atoms with Gasteiger partial charge in [0, 0.05) is 13.1 Å². The van der Waals surface area contributed by atoms with Gasteiger partial charge in [0.2, 0.25) is 5.91 Å². The van der Waals surface area contributed by atoms with Crippen molar-refractivity contribution < 1.29 is 4.79 Å². The Kier molecular flexibility index (Phi) is 4.76. The van der Waals surface area contributed by atoms with Crippen LogP contribution in [0.2, 0.25) is 0 Å². The van der Waals surface area contributed by atoms with E-state index in [0.29, 0.717) is 0 Å². The zero-order valence-corrected chi connectivity index (χ0v) is 9.98. The fraction of sp³-hybridized carbons (Fsp3) is 0.900. The second kappa shape index (κ2) is 4.85. The van der Waals surface area contributed by atoms with Gasteiger partial charge in [0.1, 0.15) is 5.38 Å². The lowest BCUT2D eigenvalue weighted by Crippen LogP contribution is -2.42. The Bertz CT molecular complexity index is 170. The van der Waals surface area contributed by atoms with Gasteiger partial charge in [0.25, 0.3) is 0 Å². The second-order valence-electron chi connectivity index (χ2n) is 4.24. The number of hydrogen-bond acceptors (Lipinski definition) is 1. The third-order valence-corrected chi connectivity index (χ3v) is 2.89. The van der Waals surface area contributed by atoms with Crippen molar-refractivity contribution in [1.29, 1.82) is 0 Å². The van der Waals surface area contributed by atoms with E-state index in [1.54, 1.807) is 4.90 Å². The zero-order chi connectivity index (χ0) is 10.6. The van der Waals surface area contributed by atoms with E-state index in [2.05, 4.69) is 0 Å². The van der Waals surface area contributed by atoms with Crippen LogP contribution in [0.4, 0.5) is 0 Å². The summed E-state index contributed by atoms with van der Waals surface area (Å²) in [6, 6.07) is 0. The molecule has 0 aliphatic rings. The van der Waals surface area contributed by atoms with Crippen LogP contribution in [0.25, 0.3) is 0 Å². The molecule has 0 radical (unpaired) electrons. The molecular weight excluding hydrogens is 186 g/mol. The van der Waals surface area contributed by atoms with Gasteiger partial charge in [-0.1, -0.05) is 20.8 Å². The van der Waals surface area contributed by atoms with Gasteiger partial charge in [-0.25, -0.2) is 0 Å². The largest absolute Gasteiger partial charge is 0.342 e. The molecule has 0 aliphatic heterocycles. The highest BCUT2D eigenvalue weighted by Crippen LogP contribution is 2.25. The molecule has 0 heterocycles. The molecule has 0 spiro atoms. The number of carbonyl (C=O) groups excluding carboxylic acids is 1. The zero-order valence-electron chi connectivity index (χ0n) is 9.22. The van der Waals surface area contributed by atoms with E-state index in [1.807, 2.05) is 34.6 Å². The minimum Gasteiger partial charge on any atom is -0.342 e. The van der Waals surface area contributed by atoms with Crippen LogP contribution in [0.1, 0.15) is 34.6 Å². The molecule has 13 heavy (non-hydrogen) atoms. The molecule has 0 saturated heterocycles. The van der Waals surface area contributed by atoms with Crippen molar-refractivity contribution in [3.8, 4) is 0 Å². The number of amides is 1. The molecule has 1 atom stereocenters. The molecule has 2 nitrogen and oxygen atoms in total. The number of halogens is 1. The highest BCUT2D eigenvalue weighted by molar-refractivity contribution is 6.31. The maximum atomic E-state index is 11.7. The molecule has 0 aromatic heterocycles. The first kappa shape index (κ1) is 12.8. The van der Waals surface area contributed by atoms with Crippen molar-refractivity contribution >= 4 is 17.5 Å². The monoisotopic (exact) mass is 205 g/mol. The summed E-state index contributed by atoms with van der Waals surface area (Å²) >= 11 is 6.07. The number of carbonyl (C=O) groups is 1. The molecule has 78 valence electrons. The van der Waals surface area contributed by atoms with Crippen LogP contribution >= 0.6 is 11.6 Å². The molecule has 1 amide bonds. The average Bonchev–Trinajstić information content (AvgIpc) is 2.03. The molecule has 0 fully saturated rings. The average molecular weight is 206 g/mol. The lowest BCUT2D eigenvalue weighted by atomic mass is 9.91. The Hall–Kier alpha value is -0.240. The molecule has 1 unspecified atom stereocenters. The summed E-state index contributed by atoms with van der Waals surface area (Å²) in [5.74, 6) is 0.0409.